The summed E-state index contributed by atoms with van der Waals surface area (Å²) in [6, 6.07) is 5.26. The van der Waals surface area contributed by atoms with Crippen LogP contribution in [-0.4, -0.2) is 82.4 Å². The van der Waals surface area contributed by atoms with Gasteiger partial charge in [0.05, 0.1) is 27.7 Å². The zero-order valence-corrected chi connectivity index (χ0v) is 30.9. The molecule has 18 heteroatoms. The summed E-state index contributed by atoms with van der Waals surface area (Å²) in [5.41, 5.74) is -2.18. The fraction of sp³-hybridized carbons (Fsp3) is 0.500. The number of thiophene rings is 1. The Balaban J connectivity index is 1.22. The third-order valence-corrected chi connectivity index (χ3v) is 13.1. The molecule has 2 aliphatic carbocycles. The lowest BCUT2D eigenvalue weighted by atomic mass is 10.0. The largest absolute Gasteiger partial charge is 0.471 e. The van der Waals surface area contributed by atoms with Crippen LogP contribution in [0.3, 0.4) is 0 Å². The Morgan fingerprint density at radius 2 is 1.80 bits per heavy atom. The minimum absolute atomic E-state index is 0.00862. The summed E-state index contributed by atoms with van der Waals surface area (Å²) in [5, 5.41) is 6.60. The van der Waals surface area contributed by atoms with E-state index in [-0.39, 0.29) is 36.8 Å². The van der Waals surface area contributed by atoms with Crippen molar-refractivity contribution in [2.24, 2.45) is 5.92 Å². The Kier molecular flexibility index (Phi) is 10.2. The number of allylic oxidation sites excluding steroid dienone is 1. The van der Waals surface area contributed by atoms with Crippen molar-refractivity contribution in [1.82, 2.24) is 30.2 Å². The SMILES string of the molecule is Cc1ccsc1C(=O)N[C@H]1CCCCC/C=C\[C@@H]2C[C@@]2(C(=O)NS(=O)(=O)C2CC2)NC(=O)[C@@H]2C[C@@H](Oc3nc4ccccc4nc3C(F)(F)F)CN2C1=O. The van der Waals surface area contributed by atoms with Crippen LogP contribution in [0.4, 0.5) is 13.2 Å². The first kappa shape index (κ1) is 37.7. The van der Waals surface area contributed by atoms with E-state index in [4.69, 9.17) is 4.74 Å². The molecule has 3 fully saturated rings. The number of halogens is 3. The average molecular weight is 789 g/mol. The van der Waals surface area contributed by atoms with E-state index in [1.54, 1.807) is 30.5 Å². The number of nitrogens with one attached hydrogen (secondary N) is 3. The molecule has 0 spiro atoms. The van der Waals surface area contributed by atoms with Gasteiger partial charge in [0.1, 0.15) is 23.7 Å². The normalized spacial score (nSPS) is 27.1. The van der Waals surface area contributed by atoms with Crippen LogP contribution in [0.2, 0.25) is 0 Å². The minimum Gasteiger partial charge on any atom is -0.471 e. The number of hydrogen-bond acceptors (Lipinski definition) is 10. The molecule has 1 saturated heterocycles. The monoisotopic (exact) mass is 788 g/mol. The Morgan fingerprint density at radius 3 is 2.48 bits per heavy atom. The van der Waals surface area contributed by atoms with Crippen molar-refractivity contribution in [3.05, 3.63) is 64.0 Å². The van der Waals surface area contributed by atoms with Crippen LogP contribution in [0.25, 0.3) is 11.0 Å². The molecular weight excluding hydrogens is 750 g/mol. The highest BCUT2D eigenvalue weighted by molar-refractivity contribution is 7.91. The average Bonchev–Trinajstić information content (AvgIpc) is 4.01. The molecule has 4 aliphatic rings. The highest BCUT2D eigenvalue weighted by Crippen LogP contribution is 2.46. The molecule has 4 heterocycles. The Morgan fingerprint density at radius 1 is 1.06 bits per heavy atom. The third kappa shape index (κ3) is 7.80. The fourth-order valence-electron chi connectivity index (χ4n) is 7.09. The van der Waals surface area contributed by atoms with Crippen LogP contribution in [0, 0.1) is 12.8 Å². The molecule has 2 aromatic heterocycles. The van der Waals surface area contributed by atoms with Crippen molar-refractivity contribution < 1.29 is 45.5 Å². The number of aromatic nitrogens is 2. The summed E-state index contributed by atoms with van der Waals surface area (Å²) in [6.07, 6.45) is 0.925. The number of sulfonamides is 1. The molecule has 0 bridgehead atoms. The first-order valence-electron chi connectivity index (χ1n) is 17.9. The lowest BCUT2D eigenvalue weighted by Gasteiger charge is -2.30. The number of benzene rings is 1. The molecule has 3 N–H and O–H groups in total. The molecule has 2 saturated carbocycles. The second-order valence-electron chi connectivity index (χ2n) is 14.3. The first-order valence-corrected chi connectivity index (χ1v) is 20.3. The predicted octanol–water partition coefficient (Wildman–Crippen LogP) is 4.17. The molecule has 2 aliphatic heterocycles. The van der Waals surface area contributed by atoms with E-state index in [1.807, 2.05) is 6.08 Å². The van der Waals surface area contributed by atoms with Crippen LogP contribution in [0.1, 0.15) is 78.7 Å². The maximum Gasteiger partial charge on any atom is 0.438 e. The summed E-state index contributed by atoms with van der Waals surface area (Å²) in [5.74, 6) is -4.22. The van der Waals surface area contributed by atoms with Crippen molar-refractivity contribution in [1.29, 1.82) is 0 Å². The summed E-state index contributed by atoms with van der Waals surface area (Å²) < 4.78 is 76.3. The molecule has 288 valence electrons. The predicted molar refractivity (Wildman–Crippen MR) is 191 cm³/mol. The summed E-state index contributed by atoms with van der Waals surface area (Å²) in [6.45, 7) is 1.41. The van der Waals surface area contributed by atoms with E-state index in [1.165, 1.54) is 29.5 Å². The molecule has 3 aromatic rings. The molecule has 54 heavy (non-hydrogen) atoms. The van der Waals surface area contributed by atoms with E-state index in [9.17, 15) is 40.8 Å². The van der Waals surface area contributed by atoms with Gasteiger partial charge in [-0.05, 0) is 74.6 Å². The molecule has 13 nitrogen and oxygen atoms in total. The number of para-hydroxylation sites is 2. The van der Waals surface area contributed by atoms with Crippen LogP contribution in [0.15, 0.2) is 47.9 Å². The highest BCUT2D eigenvalue weighted by atomic mass is 32.2. The van der Waals surface area contributed by atoms with Gasteiger partial charge in [-0.25, -0.2) is 18.4 Å². The number of alkyl halides is 3. The number of amides is 4. The number of carbonyl (C=O) groups is 4. The van der Waals surface area contributed by atoms with E-state index >= 15 is 0 Å². The van der Waals surface area contributed by atoms with Gasteiger partial charge in [-0.3, -0.25) is 23.9 Å². The van der Waals surface area contributed by atoms with Gasteiger partial charge in [-0.15, -0.1) is 11.3 Å². The van der Waals surface area contributed by atoms with Crippen LogP contribution >= 0.6 is 11.3 Å². The zero-order valence-electron chi connectivity index (χ0n) is 29.2. The molecule has 7 rings (SSSR count). The molecule has 0 unspecified atom stereocenters. The summed E-state index contributed by atoms with van der Waals surface area (Å²) in [7, 11) is -3.98. The van der Waals surface area contributed by atoms with Gasteiger partial charge in [0.2, 0.25) is 33.4 Å². The van der Waals surface area contributed by atoms with E-state index in [0.29, 0.717) is 42.5 Å². The van der Waals surface area contributed by atoms with Gasteiger partial charge in [0, 0.05) is 12.3 Å². The first-order chi connectivity index (χ1) is 25.7. The lowest BCUT2D eigenvalue weighted by molar-refractivity contribution is -0.143. The lowest BCUT2D eigenvalue weighted by Crippen LogP contribution is -2.58. The van der Waals surface area contributed by atoms with Crippen molar-refractivity contribution >= 4 is 56.0 Å². The van der Waals surface area contributed by atoms with Crippen LogP contribution in [0.5, 0.6) is 5.88 Å². The standard InChI is InChI=1S/C36H39F3N6O7S2/c1-20-15-16-53-28(20)31(47)41-26-12-6-4-2-3-5-9-21-18-35(21,34(49)44-54(50,51)23-13-14-23)43-30(46)27-17-22(19-45(27)33(26)48)52-32-29(36(37,38)39)40-24-10-7-8-11-25(24)42-32/h5,7-11,15-16,21-23,26-27H,2-4,6,12-14,17-19H2,1H3,(H,41,47)(H,43,46)(H,44,49)/b9-5-/t21-,22-,26+,27+,35-/m1/s1. The highest BCUT2D eigenvalue weighted by Gasteiger charge is 2.62. The van der Waals surface area contributed by atoms with Crippen LogP contribution < -0.4 is 20.1 Å². The van der Waals surface area contributed by atoms with Crippen molar-refractivity contribution in [2.45, 2.75) is 99.9 Å². The third-order valence-electron chi connectivity index (χ3n) is 10.3. The minimum atomic E-state index is -4.95. The number of carbonyl (C=O) groups excluding carboxylic acids is 4. The number of nitrogens with zero attached hydrogens (tertiary/aromatic N) is 3. The quantitative estimate of drug-likeness (QED) is 0.297. The zero-order chi connectivity index (χ0) is 38.4. The maximum atomic E-state index is 14.5. The topological polar surface area (TPSA) is 177 Å². The van der Waals surface area contributed by atoms with E-state index < -0.39 is 86.3 Å². The van der Waals surface area contributed by atoms with Gasteiger partial charge in [-0.2, -0.15) is 13.2 Å². The summed E-state index contributed by atoms with van der Waals surface area (Å²) in [4.78, 5) is 65.2. The van der Waals surface area contributed by atoms with Crippen molar-refractivity contribution in [2.75, 3.05) is 6.54 Å². The smallest absolute Gasteiger partial charge is 0.438 e. The van der Waals surface area contributed by atoms with Crippen molar-refractivity contribution in [3.8, 4) is 5.88 Å². The van der Waals surface area contributed by atoms with Crippen LogP contribution in [-0.2, 0) is 30.6 Å². The second-order valence-corrected chi connectivity index (χ2v) is 17.2. The molecular formula is C36H39F3N6O7S2. The van der Waals surface area contributed by atoms with E-state index in [2.05, 4.69) is 25.3 Å². The fourth-order valence-corrected chi connectivity index (χ4v) is 9.28. The number of hydrogen-bond donors (Lipinski definition) is 3. The number of fused-ring (bicyclic) bond motifs is 3. The number of ether oxygens (including phenoxy) is 1. The van der Waals surface area contributed by atoms with E-state index in [0.717, 1.165) is 11.3 Å². The van der Waals surface area contributed by atoms with Crippen molar-refractivity contribution in [3.63, 3.8) is 0 Å². The Labute approximate surface area is 313 Å². The molecule has 5 atom stereocenters. The number of rotatable bonds is 7. The molecule has 1 aromatic carbocycles. The molecule has 4 amide bonds. The molecule has 0 radical (unpaired) electrons. The van der Waals surface area contributed by atoms with Gasteiger partial charge in [0.15, 0.2) is 0 Å². The van der Waals surface area contributed by atoms with Gasteiger partial charge in [-0.1, -0.05) is 37.1 Å². The Bertz CT molecular complexity index is 2120. The van der Waals surface area contributed by atoms with Gasteiger partial charge >= 0.3 is 6.18 Å². The van der Waals surface area contributed by atoms with Gasteiger partial charge < -0.3 is 20.3 Å². The maximum absolute atomic E-state index is 14.5. The summed E-state index contributed by atoms with van der Waals surface area (Å²) >= 11 is 1.21. The van der Waals surface area contributed by atoms with Gasteiger partial charge in [0.25, 0.3) is 11.8 Å². The number of aryl methyl sites for hydroxylation is 1. The Hall–Kier alpha value is -4.58. The second kappa shape index (κ2) is 14.6.